The molecule has 4 heteroatoms. The van der Waals surface area contributed by atoms with Gasteiger partial charge in [-0.15, -0.1) is 0 Å². The van der Waals surface area contributed by atoms with Crippen molar-refractivity contribution in [2.24, 2.45) is 0 Å². The monoisotopic (exact) mass is 182 g/mol. The van der Waals surface area contributed by atoms with Gasteiger partial charge in [0, 0.05) is 6.20 Å². The Bertz CT molecular complexity index is 296. The molecule has 0 bridgehead atoms. The number of rotatable bonds is 1. The molecule has 0 radical (unpaired) electrons. The van der Waals surface area contributed by atoms with Gasteiger partial charge < -0.3 is 0 Å². The number of pyridine rings is 1. The van der Waals surface area contributed by atoms with Crippen LogP contribution in [0.1, 0.15) is 0 Å². The van der Waals surface area contributed by atoms with E-state index in [1.165, 1.54) is 0 Å². The maximum absolute atomic E-state index is 5.63. The van der Waals surface area contributed by atoms with Gasteiger partial charge in [-0.3, -0.25) is 4.84 Å². The first-order chi connectivity index (χ1) is 5.86. The Hall–Kier alpha value is -1.06. The maximum Gasteiger partial charge on any atom is 0.129 e. The molecule has 0 N–H and O–H groups in total. The Morgan fingerprint density at radius 1 is 1.50 bits per heavy atom. The van der Waals surface area contributed by atoms with Crippen molar-refractivity contribution < 1.29 is 4.84 Å². The fraction of sp³-hybridized carbons (Fsp3) is 0.125. The van der Waals surface area contributed by atoms with Crippen LogP contribution in [-0.2, 0) is 4.84 Å². The second-order valence-electron chi connectivity index (χ2n) is 2.35. The third-order valence-corrected chi connectivity index (χ3v) is 1.74. The Morgan fingerprint density at radius 2 is 2.42 bits per heavy atom. The molecule has 1 aliphatic heterocycles. The average Bonchev–Trinajstić information content (AvgIpc) is 2.58. The SMILES string of the molecule is Clc1ccc(N2C=CCO2)cn1. The van der Waals surface area contributed by atoms with Crippen LogP contribution >= 0.6 is 11.6 Å². The minimum atomic E-state index is 0.488. The second kappa shape index (κ2) is 3.13. The molecule has 0 fully saturated rings. The van der Waals surface area contributed by atoms with Gasteiger partial charge in [0.05, 0.1) is 18.5 Å². The van der Waals surface area contributed by atoms with E-state index in [1.54, 1.807) is 17.3 Å². The molecule has 0 spiro atoms. The smallest absolute Gasteiger partial charge is 0.129 e. The lowest BCUT2D eigenvalue weighted by Crippen LogP contribution is -2.10. The summed E-state index contributed by atoms with van der Waals surface area (Å²) in [4.78, 5) is 9.15. The molecular weight excluding hydrogens is 176 g/mol. The van der Waals surface area contributed by atoms with Crippen molar-refractivity contribution in [1.29, 1.82) is 0 Å². The number of aromatic nitrogens is 1. The third kappa shape index (κ3) is 1.42. The number of hydroxylamine groups is 1. The number of nitrogens with zero attached hydrogens (tertiary/aromatic N) is 2. The first-order valence-electron chi connectivity index (χ1n) is 3.56. The molecule has 2 rings (SSSR count). The van der Waals surface area contributed by atoms with Gasteiger partial charge in [0.15, 0.2) is 0 Å². The lowest BCUT2D eigenvalue weighted by Gasteiger charge is -2.12. The van der Waals surface area contributed by atoms with Crippen LogP contribution in [0.5, 0.6) is 0 Å². The van der Waals surface area contributed by atoms with Crippen LogP contribution in [0.3, 0.4) is 0 Å². The van der Waals surface area contributed by atoms with Crippen LogP contribution < -0.4 is 5.06 Å². The highest BCUT2D eigenvalue weighted by Gasteiger charge is 2.07. The number of hydrogen-bond acceptors (Lipinski definition) is 3. The normalized spacial score (nSPS) is 15.6. The van der Waals surface area contributed by atoms with E-state index in [9.17, 15) is 0 Å². The number of hydrogen-bond donors (Lipinski definition) is 0. The number of anilines is 1. The van der Waals surface area contributed by atoms with Gasteiger partial charge in [-0.2, -0.15) is 0 Å². The Morgan fingerprint density at radius 3 is 3.00 bits per heavy atom. The summed E-state index contributed by atoms with van der Waals surface area (Å²) in [5, 5.41) is 2.14. The van der Waals surface area contributed by atoms with Crippen LogP contribution in [0.2, 0.25) is 5.15 Å². The predicted molar refractivity (Wildman–Crippen MR) is 46.8 cm³/mol. The van der Waals surface area contributed by atoms with E-state index in [-0.39, 0.29) is 0 Å². The summed E-state index contributed by atoms with van der Waals surface area (Å²) >= 11 is 5.63. The zero-order chi connectivity index (χ0) is 8.39. The van der Waals surface area contributed by atoms with Gasteiger partial charge in [0.2, 0.25) is 0 Å². The van der Waals surface area contributed by atoms with Gasteiger partial charge in [-0.1, -0.05) is 11.6 Å². The van der Waals surface area contributed by atoms with Crippen molar-refractivity contribution in [3.8, 4) is 0 Å². The molecule has 0 aliphatic carbocycles. The molecule has 0 saturated carbocycles. The van der Waals surface area contributed by atoms with E-state index in [2.05, 4.69) is 4.98 Å². The molecule has 1 aromatic heterocycles. The molecule has 0 saturated heterocycles. The van der Waals surface area contributed by atoms with Crippen molar-refractivity contribution in [3.63, 3.8) is 0 Å². The molecule has 2 heterocycles. The summed E-state index contributed by atoms with van der Waals surface area (Å²) < 4.78 is 0. The topological polar surface area (TPSA) is 25.4 Å². The van der Waals surface area contributed by atoms with Gasteiger partial charge in [-0.25, -0.2) is 10.0 Å². The van der Waals surface area contributed by atoms with E-state index in [4.69, 9.17) is 16.4 Å². The summed E-state index contributed by atoms with van der Waals surface area (Å²) in [7, 11) is 0. The van der Waals surface area contributed by atoms with Gasteiger partial charge in [-0.05, 0) is 18.2 Å². The molecule has 3 nitrogen and oxygen atoms in total. The molecule has 1 aromatic rings. The minimum Gasteiger partial charge on any atom is -0.265 e. The quantitative estimate of drug-likeness (QED) is 0.622. The lowest BCUT2D eigenvalue weighted by molar-refractivity contribution is 0.179. The zero-order valence-electron chi connectivity index (χ0n) is 6.27. The van der Waals surface area contributed by atoms with Crippen molar-refractivity contribution >= 4 is 17.3 Å². The largest absolute Gasteiger partial charge is 0.265 e. The maximum atomic E-state index is 5.63. The van der Waals surface area contributed by atoms with Crippen LogP contribution in [-0.4, -0.2) is 11.6 Å². The van der Waals surface area contributed by atoms with Crippen LogP contribution in [0.4, 0.5) is 5.69 Å². The van der Waals surface area contributed by atoms with Gasteiger partial charge >= 0.3 is 0 Å². The fourth-order valence-corrected chi connectivity index (χ4v) is 1.08. The van der Waals surface area contributed by atoms with E-state index in [0.717, 1.165) is 5.69 Å². The summed E-state index contributed by atoms with van der Waals surface area (Å²) in [5.41, 5.74) is 0.883. The van der Waals surface area contributed by atoms with Crippen LogP contribution in [0.25, 0.3) is 0 Å². The highest BCUT2D eigenvalue weighted by molar-refractivity contribution is 6.29. The fourth-order valence-electron chi connectivity index (χ4n) is 0.964. The van der Waals surface area contributed by atoms with E-state index in [0.29, 0.717) is 11.8 Å². The van der Waals surface area contributed by atoms with E-state index in [1.807, 2.05) is 18.3 Å². The molecule has 62 valence electrons. The highest BCUT2D eigenvalue weighted by Crippen LogP contribution is 2.18. The summed E-state index contributed by atoms with van der Waals surface area (Å²) in [6, 6.07) is 3.58. The van der Waals surface area contributed by atoms with Crippen molar-refractivity contribution in [2.45, 2.75) is 0 Å². The summed E-state index contributed by atoms with van der Waals surface area (Å²) in [6.45, 7) is 0.614. The molecule has 0 atom stereocenters. The molecule has 0 aromatic carbocycles. The first-order valence-corrected chi connectivity index (χ1v) is 3.94. The molecular formula is C8H7ClN2O. The lowest BCUT2D eigenvalue weighted by atomic mass is 10.4. The standard InChI is InChI=1S/C8H7ClN2O/c9-8-3-2-7(6-10-8)11-4-1-5-12-11/h1-4,6H,5H2. The highest BCUT2D eigenvalue weighted by atomic mass is 35.5. The van der Waals surface area contributed by atoms with Crippen LogP contribution in [0.15, 0.2) is 30.6 Å². The van der Waals surface area contributed by atoms with Gasteiger partial charge in [0.25, 0.3) is 0 Å². The first kappa shape index (κ1) is 7.58. The van der Waals surface area contributed by atoms with Crippen molar-refractivity contribution in [3.05, 3.63) is 35.8 Å². The average molecular weight is 183 g/mol. The minimum absolute atomic E-state index is 0.488. The zero-order valence-corrected chi connectivity index (χ0v) is 7.03. The molecule has 12 heavy (non-hydrogen) atoms. The summed E-state index contributed by atoms with van der Waals surface area (Å²) in [5.74, 6) is 0. The number of halogens is 1. The summed E-state index contributed by atoms with van der Waals surface area (Å²) in [6.07, 6.45) is 5.44. The van der Waals surface area contributed by atoms with E-state index < -0.39 is 0 Å². The van der Waals surface area contributed by atoms with Gasteiger partial charge in [0.1, 0.15) is 5.15 Å². The van der Waals surface area contributed by atoms with Crippen molar-refractivity contribution in [2.75, 3.05) is 11.7 Å². The molecule has 0 unspecified atom stereocenters. The third-order valence-electron chi connectivity index (χ3n) is 1.52. The molecule has 0 amide bonds. The van der Waals surface area contributed by atoms with Crippen molar-refractivity contribution in [1.82, 2.24) is 4.98 Å². The molecule has 1 aliphatic rings. The predicted octanol–water partition coefficient (Wildman–Crippen LogP) is 2.00. The van der Waals surface area contributed by atoms with Crippen LogP contribution in [0, 0.1) is 0 Å². The Kier molecular flexibility index (Phi) is 1.98. The Labute approximate surface area is 75.2 Å². The second-order valence-corrected chi connectivity index (χ2v) is 2.73. The van der Waals surface area contributed by atoms with E-state index >= 15 is 0 Å². The Balaban J connectivity index is 2.23.